The van der Waals surface area contributed by atoms with Crippen LogP contribution in [0.1, 0.15) is 43.9 Å². The van der Waals surface area contributed by atoms with Crippen molar-refractivity contribution in [3.8, 4) is 5.75 Å². The summed E-state index contributed by atoms with van der Waals surface area (Å²) in [5, 5.41) is 0. The number of nitrogens with zero attached hydrogens (tertiary/aromatic N) is 2. The zero-order valence-corrected chi connectivity index (χ0v) is 18.0. The third-order valence-electron chi connectivity index (χ3n) is 5.38. The molecule has 2 heterocycles. The van der Waals surface area contributed by atoms with E-state index in [-0.39, 0.29) is 6.09 Å². The second-order valence-corrected chi connectivity index (χ2v) is 8.64. The predicted molar refractivity (Wildman–Crippen MR) is 111 cm³/mol. The highest BCUT2D eigenvalue weighted by molar-refractivity contribution is 5.71. The molecule has 0 bridgehead atoms. The van der Waals surface area contributed by atoms with Crippen molar-refractivity contribution in [1.82, 2.24) is 4.90 Å². The molecule has 1 amide bonds. The van der Waals surface area contributed by atoms with Crippen LogP contribution in [0, 0.1) is 6.92 Å². The monoisotopic (exact) mass is 390 g/mol. The fourth-order valence-electron chi connectivity index (χ4n) is 4.08. The van der Waals surface area contributed by atoms with Gasteiger partial charge in [0.15, 0.2) is 0 Å². The maximum atomic E-state index is 12.5. The van der Waals surface area contributed by atoms with Crippen LogP contribution in [0.25, 0.3) is 0 Å². The molecule has 6 heteroatoms. The van der Waals surface area contributed by atoms with E-state index in [4.69, 9.17) is 14.2 Å². The quantitative estimate of drug-likeness (QED) is 0.736. The van der Waals surface area contributed by atoms with Gasteiger partial charge >= 0.3 is 6.09 Å². The molecule has 1 aromatic carbocycles. The van der Waals surface area contributed by atoms with Gasteiger partial charge in [0.25, 0.3) is 0 Å². The van der Waals surface area contributed by atoms with Gasteiger partial charge in [0, 0.05) is 33.4 Å². The summed E-state index contributed by atoms with van der Waals surface area (Å²) in [7, 11) is 1.74. The van der Waals surface area contributed by atoms with Gasteiger partial charge in [-0.05, 0) is 69.7 Å². The standard InChI is InChI=1S/C22H34N2O4/c1-16-18-8-11-24(21(25)28-22(2,3)4)10-7-17(18)15-19-20(16)23(12-14-27-19)9-6-13-26-5/h15H,6-14H2,1-5H3. The largest absolute Gasteiger partial charge is 0.490 e. The number of carbonyl (C=O) groups excluding carboxylic acids is 1. The number of fused-ring (bicyclic) bond motifs is 2. The van der Waals surface area contributed by atoms with E-state index in [1.165, 1.54) is 22.4 Å². The van der Waals surface area contributed by atoms with Crippen LogP contribution in [-0.4, -0.2) is 63.1 Å². The van der Waals surface area contributed by atoms with E-state index < -0.39 is 5.60 Å². The molecule has 0 aromatic heterocycles. The van der Waals surface area contributed by atoms with Crippen LogP contribution in [0.2, 0.25) is 0 Å². The minimum Gasteiger partial charge on any atom is -0.490 e. The molecule has 0 fully saturated rings. The molecule has 0 saturated heterocycles. The van der Waals surface area contributed by atoms with Crippen molar-refractivity contribution in [2.75, 3.05) is 51.4 Å². The van der Waals surface area contributed by atoms with Crippen LogP contribution < -0.4 is 9.64 Å². The zero-order valence-electron chi connectivity index (χ0n) is 18.0. The van der Waals surface area contributed by atoms with Crippen LogP contribution >= 0.6 is 0 Å². The molecule has 0 unspecified atom stereocenters. The summed E-state index contributed by atoms with van der Waals surface area (Å²) >= 11 is 0. The van der Waals surface area contributed by atoms with E-state index in [9.17, 15) is 4.79 Å². The number of benzene rings is 1. The van der Waals surface area contributed by atoms with Crippen LogP contribution in [0.15, 0.2) is 6.07 Å². The highest BCUT2D eigenvalue weighted by Crippen LogP contribution is 2.40. The smallest absolute Gasteiger partial charge is 0.410 e. The molecule has 0 N–H and O–H groups in total. The summed E-state index contributed by atoms with van der Waals surface area (Å²) in [5.41, 5.74) is 4.68. The Hall–Kier alpha value is -1.95. The number of ether oxygens (including phenoxy) is 3. The molecule has 1 aromatic rings. The van der Waals surface area contributed by atoms with Gasteiger partial charge in [0.2, 0.25) is 0 Å². The van der Waals surface area contributed by atoms with E-state index in [2.05, 4.69) is 17.9 Å². The summed E-state index contributed by atoms with van der Waals surface area (Å²) in [6, 6.07) is 2.19. The third kappa shape index (κ3) is 4.72. The molecule has 0 aliphatic carbocycles. The maximum Gasteiger partial charge on any atom is 0.410 e. The Kier molecular flexibility index (Phi) is 6.38. The van der Waals surface area contributed by atoms with Crippen LogP contribution in [-0.2, 0) is 22.3 Å². The number of methoxy groups -OCH3 is 1. The van der Waals surface area contributed by atoms with Gasteiger partial charge in [-0.15, -0.1) is 0 Å². The van der Waals surface area contributed by atoms with Crippen molar-refractivity contribution in [2.24, 2.45) is 0 Å². The minimum atomic E-state index is -0.470. The fourth-order valence-corrected chi connectivity index (χ4v) is 4.08. The van der Waals surface area contributed by atoms with Gasteiger partial charge in [-0.1, -0.05) is 0 Å². The highest BCUT2D eigenvalue weighted by atomic mass is 16.6. The van der Waals surface area contributed by atoms with Gasteiger partial charge in [-0.3, -0.25) is 0 Å². The van der Waals surface area contributed by atoms with Crippen molar-refractivity contribution < 1.29 is 19.0 Å². The molecule has 2 aliphatic heterocycles. The number of amides is 1. The summed E-state index contributed by atoms with van der Waals surface area (Å²) < 4.78 is 16.8. The topological polar surface area (TPSA) is 51.2 Å². The lowest BCUT2D eigenvalue weighted by atomic mass is 9.94. The molecule has 0 spiro atoms. The molecular weight excluding hydrogens is 356 g/mol. The normalized spacial score (nSPS) is 16.8. The average Bonchev–Trinajstić information content (AvgIpc) is 2.83. The first-order valence-electron chi connectivity index (χ1n) is 10.3. The molecule has 3 rings (SSSR count). The van der Waals surface area contributed by atoms with E-state index in [1.807, 2.05) is 25.7 Å². The first-order chi connectivity index (χ1) is 13.3. The van der Waals surface area contributed by atoms with E-state index in [0.29, 0.717) is 19.7 Å². The molecule has 0 saturated carbocycles. The second-order valence-electron chi connectivity index (χ2n) is 8.64. The van der Waals surface area contributed by atoms with Gasteiger partial charge in [0.1, 0.15) is 18.0 Å². The number of rotatable bonds is 4. The van der Waals surface area contributed by atoms with Crippen molar-refractivity contribution >= 4 is 11.8 Å². The SMILES string of the molecule is COCCCN1CCOc2cc3c(c(C)c21)CCN(C(=O)OC(C)(C)C)CC3. The van der Waals surface area contributed by atoms with Gasteiger partial charge in [-0.2, -0.15) is 0 Å². The van der Waals surface area contributed by atoms with E-state index in [0.717, 1.165) is 44.7 Å². The lowest BCUT2D eigenvalue weighted by molar-refractivity contribution is 0.0258. The number of anilines is 1. The second kappa shape index (κ2) is 8.60. The Morgan fingerprint density at radius 1 is 1.21 bits per heavy atom. The van der Waals surface area contributed by atoms with Crippen LogP contribution in [0.5, 0.6) is 5.75 Å². The highest BCUT2D eigenvalue weighted by Gasteiger charge is 2.28. The predicted octanol–water partition coefficient (Wildman–Crippen LogP) is 3.57. The number of hydrogen-bond acceptors (Lipinski definition) is 5. The maximum absolute atomic E-state index is 12.5. The lowest BCUT2D eigenvalue weighted by Crippen LogP contribution is -2.38. The van der Waals surface area contributed by atoms with Crippen molar-refractivity contribution in [1.29, 1.82) is 0 Å². The van der Waals surface area contributed by atoms with Crippen LogP contribution in [0.4, 0.5) is 10.5 Å². The van der Waals surface area contributed by atoms with Crippen molar-refractivity contribution in [3.63, 3.8) is 0 Å². The minimum absolute atomic E-state index is 0.222. The Labute approximate surface area is 168 Å². The summed E-state index contributed by atoms with van der Waals surface area (Å²) in [6.07, 6.45) is 2.45. The van der Waals surface area contributed by atoms with E-state index >= 15 is 0 Å². The third-order valence-corrected chi connectivity index (χ3v) is 5.38. The molecule has 2 aliphatic rings. The van der Waals surface area contributed by atoms with Gasteiger partial charge in [0.05, 0.1) is 12.2 Å². The molecule has 28 heavy (non-hydrogen) atoms. The van der Waals surface area contributed by atoms with Gasteiger partial charge < -0.3 is 24.0 Å². The Morgan fingerprint density at radius 2 is 1.96 bits per heavy atom. The average molecular weight is 391 g/mol. The van der Waals surface area contributed by atoms with Crippen LogP contribution in [0.3, 0.4) is 0 Å². The first-order valence-corrected chi connectivity index (χ1v) is 10.3. The van der Waals surface area contributed by atoms with Gasteiger partial charge in [-0.25, -0.2) is 4.79 Å². The zero-order chi connectivity index (χ0) is 20.3. The fraction of sp³-hybridized carbons (Fsp3) is 0.682. The van der Waals surface area contributed by atoms with Crippen molar-refractivity contribution in [2.45, 2.75) is 52.6 Å². The Bertz CT molecular complexity index is 711. The molecular formula is C22H34N2O4. The molecule has 6 nitrogen and oxygen atoms in total. The lowest BCUT2D eigenvalue weighted by Gasteiger charge is -2.34. The van der Waals surface area contributed by atoms with E-state index in [1.54, 1.807) is 7.11 Å². The summed E-state index contributed by atoms with van der Waals surface area (Å²) in [4.78, 5) is 16.8. The molecule has 0 radical (unpaired) electrons. The first kappa shape index (κ1) is 20.8. The van der Waals surface area contributed by atoms with Crippen molar-refractivity contribution in [3.05, 3.63) is 22.8 Å². The Balaban J connectivity index is 1.80. The summed E-state index contributed by atoms with van der Waals surface area (Å²) in [5.74, 6) is 0.977. The number of hydrogen-bond donors (Lipinski definition) is 0. The number of carbonyl (C=O) groups is 1. The molecule has 156 valence electrons. The summed E-state index contributed by atoms with van der Waals surface area (Å²) in [6.45, 7) is 12.6. The molecule has 0 atom stereocenters. The Morgan fingerprint density at radius 3 is 2.68 bits per heavy atom.